The Morgan fingerprint density at radius 3 is 2.95 bits per heavy atom. The summed E-state index contributed by atoms with van der Waals surface area (Å²) in [5.41, 5.74) is 8.82. The van der Waals surface area contributed by atoms with Crippen molar-refractivity contribution in [2.75, 3.05) is 6.54 Å². The Morgan fingerprint density at radius 2 is 2.20 bits per heavy atom. The Kier molecular flexibility index (Phi) is 3.53. The molecule has 2 unspecified atom stereocenters. The van der Waals surface area contributed by atoms with Crippen molar-refractivity contribution >= 4 is 0 Å². The summed E-state index contributed by atoms with van der Waals surface area (Å²) in [6.07, 6.45) is 5.26. The van der Waals surface area contributed by atoms with E-state index in [4.69, 9.17) is 10.3 Å². The molecule has 2 aromatic rings. The summed E-state index contributed by atoms with van der Waals surface area (Å²) in [5.74, 6) is 2.08. The number of rotatable bonds is 3. The van der Waals surface area contributed by atoms with E-state index in [9.17, 15) is 0 Å². The summed E-state index contributed by atoms with van der Waals surface area (Å²) < 4.78 is 5.46. The Labute approximate surface area is 118 Å². The van der Waals surface area contributed by atoms with Gasteiger partial charge in [-0.3, -0.25) is 4.98 Å². The second kappa shape index (κ2) is 5.32. The van der Waals surface area contributed by atoms with E-state index in [-0.39, 0.29) is 0 Å². The van der Waals surface area contributed by atoms with Crippen LogP contribution in [0.4, 0.5) is 0 Å². The monoisotopic (exact) mass is 272 g/mol. The van der Waals surface area contributed by atoms with Crippen LogP contribution < -0.4 is 5.73 Å². The van der Waals surface area contributed by atoms with Crippen LogP contribution in [-0.2, 0) is 0 Å². The Bertz CT molecular complexity index is 608. The van der Waals surface area contributed by atoms with Gasteiger partial charge in [-0.2, -0.15) is 4.98 Å². The molecule has 2 N–H and O–H groups in total. The van der Waals surface area contributed by atoms with E-state index in [1.54, 1.807) is 0 Å². The maximum absolute atomic E-state index is 5.82. The third-order valence-corrected chi connectivity index (χ3v) is 4.15. The molecule has 0 saturated heterocycles. The minimum absolute atomic E-state index is 0.312. The van der Waals surface area contributed by atoms with Gasteiger partial charge in [-0.25, -0.2) is 0 Å². The molecule has 106 valence electrons. The minimum atomic E-state index is 0.312. The molecule has 5 heteroatoms. The van der Waals surface area contributed by atoms with Crippen molar-refractivity contribution in [1.29, 1.82) is 0 Å². The molecule has 5 nitrogen and oxygen atoms in total. The fourth-order valence-corrected chi connectivity index (χ4v) is 3.08. The van der Waals surface area contributed by atoms with Gasteiger partial charge in [0.1, 0.15) is 5.69 Å². The van der Waals surface area contributed by atoms with E-state index in [1.165, 1.54) is 6.42 Å². The normalized spacial score (nSPS) is 22.4. The minimum Gasteiger partial charge on any atom is -0.339 e. The first kappa shape index (κ1) is 13.2. The predicted octanol–water partition coefficient (Wildman–Crippen LogP) is 2.59. The van der Waals surface area contributed by atoms with Crippen LogP contribution in [0.1, 0.15) is 42.2 Å². The zero-order valence-electron chi connectivity index (χ0n) is 12.0. The molecule has 0 amide bonds. The van der Waals surface area contributed by atoms with Gasteiger partial charge in [0.05, 0.1) is 0 Å². The number of aryl methyl sites for hydroxylation is 2. The molecule has 2 aromatic heterocycles. The first-order valence-corrected chi connectivity index (χ1v) is 7.16. The van der Waals surface area contributed by atoms with E-state index in [1.807, 2.05) is 20.0 Å². The Hall–Kier alpha value is -1.75. The van der Waals surface area contributed by atoms with E-state index in [2.05, 4.69) is 21.2 Å². The Morgan fingerprint density at radius 1 is 1.35 bits per heavy atom. The van der Waals surface area contributed by atoms with Gasteiger partial charge in [0.2, 0.25) is 11.7 Å². The lowest BCUT2D eigenvalue weighted by atomic mass is 9.96. The van der Waals surface area contributed by atoms with Gasteiger partial charge in [-0.1, -0.05) is 17.6 Å². The SMILES string of the molecule is Cc1cnc(-c2noc(C3CCCC3CN)n2)c(C)c1. The van der Waals surface area contributed by atoms with Crippen molar-refractivity contribution in [2.24, 2.45) is 11.7 Å². The topological polar surface area (TPSA) is 77.8 Å². The van der Waals surface area contributed by atoms with Gasteiger partial charge in [-0.15, -0.1) is 0 Å². The van der Waals surface area contributed by atoms with Gasteiger partial charge >= 0.3 is 0 Å². The zero-order chi connectivity index (χ0) is 14.1. The van der Waals surface area contributed by atoms with Crippen LogP contribution in [0.15, 0.2) is 16.8 Å². The molecule has 0 spiro atoms. The number of hydrogen-bond acceptors (Lipinski definition) is 5. The number of pyridine rings is 1. The molecule has 0 aromatic carbocycles. The van der Waals surface area contributed by atoms with Crippen molar-refractivity contribution in [3.05, 3.63) is 29.3 Å². The lowest BCUT2D eigenvalue weighted by Crippen LogP contribution is -2.17. The van der Waals surface area contributed by atoms with Crippen LogP contribution in [0.5, 0.6) is 0 Å². The molecular formula is C15H20N4O. The van der Waals surface area contributed by atoms with Gasteiger partial charge in [0.15, 0.2) is 0 Å². The lowest BCUT2D eigenvalue weighted by molar-refractivity contribution is 0.326. The zero-order valence-corrected chi connectivity index (χ0v) is 12.0. The maximum Gasteiger partial charge on any atom is 0.230 e. The second-order valence-corrected chi connectivity index (χ2v) is 5.67. The second-order valence-electron chi connectivity index (χ2n) is 5.67. The largest absolute Gasteiger partial charge is 0.339 e. The highest BCUT2D eigenvalue weighted by molar-refractivity contribution is 5.54. The van der Waals surface area contributed by atoms with Crippen LogP contribution in [0.2, 0.25) is 0 Å². The third kappa shape index (κ3) is 2.33. The summed E-state index contributed by atoms with van der Waals surface area (Å²) >= 11 is 0. The number of nitrogens with zero attached hydrogens (tertiary/aromatic N) is 3. The maximum atomic E-state index is 5.82. The first-order chi connectivity index (χ1) is 9.69. The summed E-state index contributed by atoms with van der Waals surface area (Å²) in [6, 6.07) is 2.08. The smallest absolute Gasteiger partial charge is 0.230 e. The molecule has 2 atom stereocenters. The highest BCUT2D eigenvalue weighted by Gasteiger charge is 2.32. The van der Waals surface area contributed by atoms with Gasteiger partial charge in [-0.05, 0) is 50.3 Å². The fraction of sp³-hybridized carbons (Fsp3) is 0.533. The number of hydrogen-bond donors (Lipinski definition) is 1. The molecule has 0 radical (unpaired) electrons. The molecular weight excluding hydrogens is 252 g/mol. The van der Waals surface area contributed by atoms with Crippen molar-refractivity contribution in [1.82, 2.24) is 15.1 Å². The van der Waals surface area contributed by atoms with Crippen molar-refractivity contribution < 1.29 is 4.52 Å². The van der Waals surface area contributed by atoms with Crippen molar-refractivity contribution in [3.63, 3.8) is 0 Å². The molecule has 1 saturated carbocycles. The van der Waals surface area contributed by atoms with E-state index < -0.39 is 0 Å². The highest BCUT2D eigenvalue weighted by atomic mass is 16.5. The molecule has 20 heavy (non-hydrogen) atoms. The van der Waals surface area contributed by atoms with Gasteiger partial charge in [0.25, 0.3) is 0 Å². The van der Waals surface area contributed by atoms with Crippen LogP contribution in [0.3, 0.4) is 0 Å². The summed E-state index contributed by atoms with van der Waals surface area (Å²) in [5, 5.41) is 4.10. The van der Waals surface area contributed by atoms with Gasteiger partial charge in [0, 0.05) is 12.1 Å². The fourth-order valence-electron chi connectivity index (χ4n) is 3.08. The molecule has 1 aliphatic carbocycles. The average molecular weight is 272 g/mol. The van der Waals surface area contributed by atoms with Crippen molar-refractivity contribution in [2.45, 2.75) is 39.0 Å². The third-order valence-electron chi connectivity index (χ3n) is 4.15. The average Bonchev–Trinajstić information content (AvgIpc) is 3.06. The molecule has 1 aliphatic rings. The highest BCUT2D eigenvalue weighted by Crippen LogP contribution is 2.38. The summed E-state index contributed by atoms with van der Waals surface area (Å²) in [6.45, 7) is 4.73. The van der Waals surface area contributed by atoms with Gasteiger partial charge < -0.3 is 10.3 Å². The summed E-state index contributed by atoms with van der Waals surface area (Å²) in [7, 11) is 0. The Balaban J connectivity index is 1.90. The quantitative estimate of drug-likeness (QED) is 0.929. The lowest BCUT2D eigenvalue weighted by Gasteiger charge is -2.12. The predicted molar refractivity (Wildman–Crippen MR) is 76.1 cm³/mol. The van der Waals surface area contributed by atoms with Crippen molar-refractivity contribution in [3.8, 4) is 11.5 Å². The van der Waals surface area contributed by atoms with Crippen LogP contribution in [0.25, 0.3) is 11.5 Å². The molecule has 2 heterocycles. The van der Waals surface area contributed by atoms with E-state index in [0.29, 0.717) is 24.2 Å². The molecule has 3 rings (SSSR count). The van der Waals surface area contributed by atoms with E-state index >= 15 is 0 Å². The van der Waals surface area contributed by atoms with Crippen LogP contribution in [0, 0.1) is 19.8 Å². The first-order valence-electron chi connectivity index (χ1n) is 7.16. The number of aromatic nitrogens is 3. The number of nitrogens with two attached hydrogens (primary N) is 1. The van der Waals surface area contributed by atoms with Crippen LogP contribution in [-0.4, -0.2) is 21.7 Å². The molecule has 0 aliphatic heterocycles. The standard InChI is InChI=1S/C15H20N4O/c1-9-6-10(2)13(17-8-9)14-18-15(20-19-14)12-5-3-4-11(12)7-16/h6,8,11-12H,3-5,7,16H2,1-2H3. The van der Waals surface area contributed by atoms with Crippen LogP contribution >= 0.6 is 0 Å². The molecule has 1 fully saturated rings. The summed E-state index contributed by atoms with van der Waals surface area (Å²) in [4.78, 5) is 8.97. The van der Waals surface area contributed by atoms with E-state index in [0.717, 1.165) is 35.6 Å². The molecule has 0 bridgehead atoms.